The van der Waals surface area contributed by atoms with Crippen LogP contribution in [-0.2, 0) is 12.0 Å². The van der Waals surface area contributed by atoms with Gasteiger partial charge in [0.1, 0.15) is 5.69 Å². The molecule has 0 saturated carbocycles. The summed E-state index contributed by atoms with van der Waals surface area (Å²) in [5.74, 6) is 0.672. The summed E-state index contributed by atoms with van der Waals surface area (Å²) in [6, 6.07) is 8.57. The van der Waals surface area contributed by atoms with E-state index in [1.165, 1.54) is 5.56 Å². The van der Waals surface area contributed by atoms with Gasteiger partial charge in [0.05, 0.1) is 11.2 Å². The molecule has 0 fully saturated rings. The molecule has 1 heterocycles. The largest absolute Gasteiger partial charge is 0.396 e. The zero-order valence-electron chi connectivity index (χ0n) is 13.1. The highest BCUT2D eigenvalue weighted by Crippen LogP contribution is 2.27. The topological polar surface area (TPSA) is 43.8 Å². The number of rotatable bonds is 3. The SMILES string of the molecule is CC(C)Cc1ccc(-c2nn(C(C)(C)C)cc2N)cc1. The van der Waals surface area contributed by atoms with Crippen LogP contribution in [0.1, 0.15) is 40.2 Å². The van der Waals surface area contributed by atoms with Crippen LogP contribution in [0.25, 0.3) is 11.3 Å². The molecule has 0 bridgehead atoms. The second-order valence-electron chi connectivity index (χ2n) is 6.84. The highest BCUT2D eigenvalue weighted by atomic mass is 15.3. The van der Waals surface area contributed by atoms with E-state index in [4.69, 9.17) is 5.73 Å². The van der Waals surface area contributed by atoms with Gasteiger partial charge in [0.15, 0.2) is 0 Å². The smallest absolute Gasteiger partial charge is 0.115 e. The molecule has 108 valence electrons. The zero-order valence-corrected chi connectivity index (χ0v) is 13.1. The first kappa shape index (κ1) is 14.6. The Bertz CT molecular complexity index is 571. The second kappa shape index (κ2) is 5.31. The lowest BCUT2D eigenvalue weighted by Gasteiger charge is -2.18. The van der Waals surface area contributed by atoms with Gasteiger partial charge in [0.2, 0.25) is 0 Å². The zero-order chi connectivity index (χ0) is 14.9. The van der Waals surface area contributed by atoms with Gasteiger partial charge in [-0.3, -0.25) is 4.68 Å². The average Bonchev–Trinajstić information content (AvgIpc) is 2.71. The molecule has 0 aliphatic carbocycles. The van der Waals surface area contributed by atoms with Crippen LogP contribution >= 0.6 is 0 Å². The third-order valence-electron chi connectivity index (χ3n) is 3.30. The maximum Gasteiger partial charge on any atom is 0.115 e. The van der Waals surface area contributed by atoms with Gasteiger partial charge >= 0.3 is 0 Å². The number of hydrogen-bond acceptors (Lipinski definition) is 2. The van der Waals surface area contributed by atoms with E-state index in [0.717, 1.165) is 23.4 Å². The van der Waals surface area contributed by atoms with Crippen LogP contribution in [0.3, 0.4) is 0 Å². The van der Waals surface area contributed by atoms with Crippen molar-refractivity contribution < 1.29 is 0 Å². The fourth-order valence-corrected chi connectivity index (χ4v) is 2.23. The van der Waals surface area contributed by atoms with Gasteiger partial charge in [-0.15, -0.1) is 0 Å². The maximum atomic E-state index is 6.11. The number of nitrogens with two attached hydrogens (primary N) is 1. The van der Waals surface area contributed by atoms with Gasteiger partial charge in [0.25, 0.3) is 0 Å². The van der Waals surface area contributed by atoms with Crippen molar-refractivity contribution in [1.82, 2.24) is 9.78 Å². The Kier molecular flexibility index (Phi) is 3.89. The van der Waals surface area contributed by atoms with Crippen molar-refractivity contribution in [2.75, 3.05) is 5.73 Å². The molecule has 3 heteroatoms. The van der Waals surface area contributed by atoms with Crippen molar-refractivity contribution in [3.8, 4) is 11.3 Å². The normalized spacial score (nSPS) is 12.1. The summed E-state index contributed by atoms with van der Waals surface area (Å²) < 4.78 is 1.93. The highest BCUT2D eigenvalue weighted by Gasteiger charge is 2.17. The van der Waals surface area contributed by atoms with E-state index in [9.17, 15) is 0 Å². The fraction of sp³-hybridized carbons (Fsp3) is 0.471. The minimum atomic E-state index is -0.0516. The summed E-state index contributed by atoms with van der Waals surface area (Å²) in [6.07, 6.45) is 3.02. The number of anilines is 1. The first-order valence-electron chi connectivity index (χ1n) is 7.22. The molecule has 1 aromatic heterocycles. The van der Waals surface area contributed by atoms with Crippen molar-refractivity contribution in [3.63, 3.8) is 0 Å². The maximum absolute atomic E-state index is 6.11. The van der Waals surface area contributed by atoms with Crippen molar-refractivity contribution in [2.45, 2.75) is 46.6 Å². The number of aromatic nitrogens is 2. The van der Waals surface area contributed by atoms with E-state index in [1.54, 1.807) is 0 Å². The Balaban J connectivity index is 2.30. The quantitative estimate of drug-likeness (QED) is 0.914. The molecule has 0 atom stereocenters. The van der Waals surface area contributed by atoms with Crippen molar-refractivity contribution in [1.29, 1.82) is 0 Å². The number of nitrogens with zero attached hydrogens (tertiary/aromatic N) is 2. The van der Waals surface area contributed by atoms with Crippen LogP contribution in [-0.4, -0.2) is 9.78 Å². The van der Waals surface area contributed by atoms with E-state index < -0.39 is 0 Å². The van der Waals surface area contributed by atoms with Gasteiger partial charge in [0, 0.05) is 11.8 Å². The summed E-state index contributed by atoms with van der Waals surface area (Å²) >= 11 is 0. The lowest BCUT2D eigenvalue weighted by atomic mass is 10.0. The fourth-order valence-electron chi connectivity index (χ4n) is 2.23. The van der Waals surface area contributed by atoms with E-state index in [2.05, 4.69) is 64.0 Å². The van der Waals surface area contributed by atoms with Crippen LogP contribution < -0.4 is 5.73 Å². The molecule has 20 heavy (non-hydrogen) atoms. The predicted octanol–water partition coefficient (Wildman–Crippen LogP) is 4.09. The van der Waals surface area contributed by atoms with Crippen molar-refractivity contribution >= 4 is 5.69 Å². The monoisotopic (exact) mass is 271 g/mol. The van der Waals surface area contributed by atoms with Crippen LogP contribution in [0, 0.1) is 5.92 Å². The molecular weight excluding hydrogens is 246 g/mol. The lowest BCUT2D eigenvalue weighted by molar-refractivity contribution is 0.356. The Labute approximate surface area is 121 Å². The first-order chi connectivity index (χ1) is 9.27. The van der Waals surface area contributed by atoms with Gasteiger partial charge in [-0.2, -0.15) is 5.10 Å². The summed E-state index contributed by atoms with van der Waals surface area (Å²) in [5.41, 5.74) is 10.1. The lowest BCUT2D eigenvalue weighted by Crippen LogP contribution is -2.22. The average molecular weight is 271 g/mol. The minimum absolute atomic E-state index is 0.0516. The molecule has 2 aromatic rings. The molecule has 2 rings (SSSR count). The highest BCUT2D eigenvalue weighted by molar-refractivity contribution is 5.72. The molecule has 0 aliphatic heterocycles. The standard InChI is InChI=1S/C17H25N3/c1-12(2)10-13-6-8-14(9-7-13)16-15(18)11-20(19-16)17(3,4)5/h6-9,11-12H,10,18H2,1-5H3. The minimum Gasteiger partial charge on any atom is -0.396 e. The molecule has 2 N–H and O–H groups in total. The van der Waals surface area contributed by atoms with Gasteiger partial charge in [-0.25, -0.2) is 0 Å². The summed E-state index contributed by atoms with van der Waals surface area (Å²) in [6.45, 7) is 10.8. The molecular formula is C17H25N3. The molecule has 0 spiro atoms. The molecule has 0 radical (unpaired) electrons. The van der Waals surface area contributed by atoms with Gasteiger partial charge in [-0.05, 0) is 38.7 Å². The van der Waals surface area contributed by atoms with E-state index in [-0.39, 0.29) is 5.54 Å². The number of benzene rings is 1. The molecule has 0 saturated heterocycles. The summed E-state index contributed by atoms with van der Waals surface area (Å²) in [5, 5.41) is 4.63. The number of hydrogen-bond donors (Lipinski definition) is 1. The van der Waals surface area contributed by atoms with Gasteiger partial charge in [-0.1, -0.05) is 38.1 Å². The third-order valence-corrected chi connectivity index (χ3v) is 3.30. The molecule has 0 unspecified atom stereocenters. The van der Waals surface area contributed by atoms with E-state index in [0.29, 0.717) is 5.92 Å². The first-order valence-corrected chi connectivity index (χ1v) is 7.22. The molecule has 0 aliphatic rings. The summed E-state index contributed by atoms with van der Waals surface area (Å²) in [4.78, 5) is 0. The van der Waals surface area contributed by atoms with Crippen molar-refractivity contribution in [2.24, 2.45) is 5.92 Å². The Morgan fingerprint density at radius 2 is 1.75 bits per heavy atom. The van der Waals surface area contributed by atoms with Crippen LogP contribution in [0.2, 0.25) is 0 Å². The molecule has 0 amide bonds. The van der Waals surface area contributed by atoms with Gasteiger partial charge < -0.3 is 5.73 Å². The van der Waals surface area contributed by atoms with Crippen LogP contribution in [0.5, 0.6) is 0 Å². The van der Waals surface area contributed by atoms with Crippen LogP contribution in [0.15, 0.2) is 30.5 Å². The molecule has 1 aromatic carbocycles. The van der Waals surface area contributed by atoms with Crippen LogP contribution in [0.4, 0.5) is 5.69 Å². The second-order valence-corrected chi connectivity index (χ2v) is 6.84. The molecule has 3 nitrogen and oxygen atoms in total. The summed E-state index contributed by atoms with van der Waals surface area (Å²) in [7, 11) is 0. The predicted molar refractivity (Wildman–Crippen MR) is 85.6 cm³/mol. The Morgan fingerprint density at radius 1 is 1.15 bits per heavy atom. The Hall–Kier alpha value is -1.77. The van der Waals surface area contributed by atoms with E-state index >= 15 is 0 Å². The van der Waals surface area contributed by atoms with Crippen molar-refractivity contribution in [3.05, 3.63) is 36.0 Å². The van der Waals surface area contributed by atoms with E-state index in [1.807, 2.05) is 10.9 Å². The third kappa shape index (κ3) is 3.21. The number of nitrogen functional groups attached to an aromatic ring is 1. The Morgan fingerprint density at radius 3 is 2.20 bits per heavy atom.